The second-order valence-corrected chi connectivity index (χ2v) is 23.1. The molecule has 0 saturated heterocycles. The molecule has 0 amide bonds. The summed E-state index contributed by atoms with van der Waals surface area (Å²) in [5, 5.41) is 29.9. The second kappa shape index (κ2) is 19.2. The van der Waals surface area contributed by atoms with Crippen molar-refractivity contribution in [3.63, 3.8) is 0 Å². The summed E-state index contributed by atoms with van der Waals surface area (Å²) in [5.41, 5.74) is 2.57. The van der Waals surface area contributed by atoms with E-state index in [0.717, 1.165) is 0 Å². The van der Waals surface area contributed by atoms with Crippen molar-refractivity contribution >= 4 is 152 Å². The summed E-state index contributed by atoms with van der Waals surface area (Å²) < 4.78 is 0. The molecule has 0 heterocycles. The van der Waals surface area contributed by atoms with E-state index in [2.05, 4.69) is 272 Å². The van der Waals surface area contributed by atoms with Crippen molar-refractivity contribution in [1.29, 1.82) is 0 Å². The second-order valence-electron chi connectivity index (χ2n) is 22.3. The Morgan fingerprint density at radius 1 is 0.227 bits per heavy atom. The zero-order valence-electron chi connectivity index (χ0n) is 43.4. The lowest BCUT2D eigenvalue weighted by Gasteiger charge is -2.20. The molecule has 19 aromatic rings. The van der Waals surface area contributed by atoms with Crippen LogP contribution in [-0.2, 0) is 10.8 Å². The van der Waals surface area contributed by atoms with Crippen LogP contribution in [0.4, 0.5) is 0 Å². The average Bonchev–Trinajstić information content (AvgIpc) is 3.44. The molecule has 75 heavy (non-hydrogen) atoms. The number of rotatable bonds is 0. The van der Waals surface area contributed by atoms with Crippen LogP contribution in [0, 0.1) is 0 Å². The van der Waals surface area contributed by atoms with E-state index in [4.69, 9.17) is 23.2 Å². The molecule has 0 nitrogen and oxygen atoms in total. The highest BCUT2D eigenvalue weighted by Crippen LogP contribution is 2.39. The minimum absolute atomic E-state index is 0.0357. The molecular formula is C73H58Cl2. The molecule has 0 aliphatic carbocycles. The Kier molecular flexibility index (Phi) is 12.3. The fourth-order valence-corrected chi connectivity index (χ4v) is 11.4. The zero-order valence-corrected chi connectivity index (χ0v) is 44.9. The molecule has 0 unspecified atom stereocenters. The van der Waals surface area contributed by atoms with Crippen LogP contribution in [0.1, 0.15) is 52.7 Å². The van der Waals surface area contributed by atoms with Gasteiger partial charge in [0.05, 0.1) is 5.34 Å². The van der Waals surface area contributed by atoms with E-state index < -0.39 is 0 Å². The lowest BCUT2D eigenvalue weighted by molar-refractivity contribution is 0.591. The average molecular weight is 1010 g/mol. The van der Waals surface area contributed by atoms with E-state index in [1.165, 1.54) is 140 Å². The van der Waals surface area contributed by atoms with Crippen LogP contribution in [0.25, 0.3) is 129 Å². The van der Waals surface area contributed by atoms with Gasteiger partial charge in [-0.3, -0.25) is 0 Å². The van der Waals surface area contributed by atoms with E-state index in [-0.39, 0.29) is 16.2 Å². The Morgan fingerprint density at radius 2 is 0.413 bits per heavy atom. The summed E-state index contributed by atoms with van der Waals surface area (Å²) in [4.78, 5) is 0. The van der Waals surface area contributed by atoms with Crippen molar-refractivity contribution in [3.8, 4) is 0 Å². The van der Waals surface area contributed by atoms with E-state index in [0.29, 0.717) is 0 Å². The van der Waals surface area contributed by atoms with Crippen molar-refractivity contribution in [2.45, 2.75) is 52.4 Å². The molecule has 0 aliphatic rings. The molecule has 0 spiro atoms. The monoisotopic (exact) mass is 1000 g/mol. The molecule has 0 aliphatic heterocycles. The van der Waals surface area contributed by atoms with Gasteiger partial charge in [0.25, 0.3) is 0 Å². The highest BCUT2D eigenvalue weighted by atomic mass is 35.5. The van der Waals surface area contributed by atoms with Gasteiger partial charge in [0.1, 0.15) is 0 Å². The van der Waals surface area contributed by atoms with Gasteiger partial charge in [0.15, 0.2) is 0 Å². The maximum Gasteiger partial charge on any atom is 0.0967 e. The van der Waals surface area contributed by atoms with Gasteiger partial charge in [-0.15, -0.1) is 23.2 Å². The fraction of sp³-hybridized carbons (Fsp3) is 0.123. The first-order valence-corrected chi connectivity index (χ1v) is 27.2. The van der Waals surface area contributed by atoms with E-state index in [1.54, 1.807) is 0 Å². The van der Waals surface area contributed by atoms with Gasteiger partial charge in [-0.05, 0) is 163 Å². The van der Waals surface area contributed by atoms with Crippen LogP contribution < -0.4 is 0 Å². The first-order valence-electron chi connectivity index (χ1n) is 26.1. The van der Waals surface area contributed by atoms with Crippen LogP contribution in [0.15, 0.2) is 231 Å². The van der Waals surface area contributed by atoms with Crippen molar-refractivity contribution < 1.29 is 0 Å². The molecule has 0 radical (unpaired) electrons. The molecule has 0 fully saturated rings. The van der Waals surface area contributed by atoms with Gasteiger partial charge in [-0.25, -0.2) is 0 Å². The van der Waals surface area contributed by atoms with Crippen LogP contribution >= 0.6 is 23.2 Å². The summed E-state index contributed by atoms with van der Waals surface area (Å²) in [5.74, 6) is 0. The standard InChI is InChI=1S/C72H56.CH2Cl2/c1-71(2,3)61-41-57-39-58(42-61)46-21-29-50(30-22-46)64-16-8-12-54-36-38-56-14-10-18-66(70(56)68(54)64)52-33-25-48(26-34-52)60-40-59(43-62(44-60)72(4,5)6)47-23-31-51(32-24-47)65-17-9-13-55-37-35-53-11-7-15-63(67(53)69(55)65)49-27-19-45(57)20-28-49;2-1-3/h7-44H,1-6H3;1H2. The fourth-order valence-electron chi connectivity index (χ4n) is 11.4. The van der Waals surface area contributed by atoms with Gasteiger partial charge in [0.2, 0.25) is 0 Å². The third kappa shape index (κ3) is 9.01. The van der Waals surface area contributed by atoms with Gasteiger partial charge < -0.3 is 0 Å². The minimum atomic E-state index is -0.0357. The lowest BCUT2D eigenvalue weighted by Crippen LogP contribution is -2.10. The maximum atomic E-state index is 4.76. The Balaban J connectivity index is 0.00000185. The number of alkyl halides is 2. The van der Waals surface area contributed by atoms with Gasteiger partial charge >= 0.3 is 0 Å². The lowest BCUT2D eigenvalue weighted by atomic mass is 9.85. The molecule has 0 atom stereocenters. The quantitative estimate of drug-likeness (QED) is 0.105. The molecule has 19 rings (SSSR count). The van der Waals surface area contributed by atoms with Crippen molar-refractivity contribution in [2.24, 2.45) is 0 Å². The molecule has 12 bridgehead atoms. The van der Waals surface area contributed by atoms with Crippen molar-refractivity contribution in [3.05, 3.63) is 242 Å². The SMILES string of the molecule is CC(C)(C)c1cc2cc(c1)c1ccc(cc1)c1cccc3ccc4cccc(c5ccc(cc5)c5cc(C(C)(C)C)cc(c5)c5ccc(cc5)c5cccc6ccc7cccc(c8ccc2cc8)c7c65)c4c31.ClCCl. The third-order valence-corrected chi connectivity index (χ3v) is 15.5. The molecule has 2 heteroatoms. The molecule has 364 valence electrons. The minimum Gasteiger partial charge on any atom is -0.109 e. The Hall–Kier alpha value is -7.74. The van der Waals surface area contributed by atoms with Crippen molar-refractivity contribution in [2.75, 3.05) is 5.34 Å². The maximum absolute atomic E-state index is 4.76. The Bertz CT molecular complexity index is 4010. The Morgan fingerprint density at radius 3 is 0.613 bits per heavy atom. The molecule has 0 N–H and O–H groups in total. The summed E-state index contributed by atoms with van der Waals surface area (Å²) in [7, 11) is 0. The first-order chi connectivity index (χ1) is 36.3. The van der Waals surface area contributed by atoms with Crippen molar-refractivity contribution in [1.82, 2.24) is 0 Å². The number of hydrogen-bond acceptors (Lipinski definition) is 0. The van der Waals surface area contributed by atoms with E-state index in [1.807, 2.05) is 0 Å². The largest absolute Gasteiger partial charge is 0.109 e. The third-order valence-electron chi connectivity index (χ3n) is 15.5. The molecule has 0 saturated carbocycles. The van der Waals surface area contributed by atoms with Gasteiger partial charge in [0, 0.05) is 0 Å². The zero-order chi connectivity index (χ0) is 51.6. The van der Waals surface area contributed by atoms with Gasteiger partial charge in [-0.2, -0.15) is 0 Å². The number of hydrogen-bond donors (Lipinski definition) is 0. The van der Waals surface area contributed by atoms with Crippen LogP contribution in [-0.4, -0.2) is 5.34 Å². The predicted octanol–water partition coefficient (Wildman–Crippen LogP) is 22.4. The predicted molar refractivity (Wildman–Crippen MR) is 335 cm³/mol. The summed E-state index contributed by atoms with van der Waals surface area (Å²) in [6.07, 6.45) is 0. The van der Waals surface area contributed by atoms with Crippen LogP contribution in [0.3, 0.4) is 0 Å². The highest BCUT2D eigenvalue weighted by Gasteiger charge is 2.17. The summed E-state index contributed by atoms with van der Waals surface area (Å²) in [6, 6.07) is 87.7. The Labute approximate surface area is 449 Å². The first kappa shape index (κ1) is 48.2. The summed E-state index contributed by atoms with van der Waals surface area (Å²) >= 11 is 9.53. The van der Waals surface area contributed by atoms with Crippen LogP contribution in [0.5, 0.6) is 0 Å². The molecule has 19 aromatic carbocycles. The van der Waals surface area contributed by atoms with Crippen LogP contribution in [0.2, 0.25) is 0 Å². The highest BCUT2D eigenvalue weighted by molar-refractivity contribution is 6.40. The molecular weight excluding hydrogens is 948 g/mol. The van der Waals surface area contributed by atoms with E-state index in [9.17, 15) is 0 Å². The normalized spacial score (nSPS) is 12.1. The number of benzene rings is 12. The molecule has 0 aromatic heterocycles. The number of halogens is 2. The summed E-state index contributed by atoms with van der Waals surface area (Å²) in [6.45, 7) is 13.9. The topological polar surface area (TPSA) is 0 Å². The van der Waals surface area contributed by atoms with E-state index >= 15 is 0 Å². The van der Waals surface area contributed by atoms with Gasteiger partial charge in [-0.1, -0.05) is 260 Å². The smallest absolute Gasteiger partial charge is 0.0967 e.